The quantitative estimate of drug-likeness (QED) is 0.212. The first-order valence-electron chi connectivity index (χ1n) is 12.8. The molecule has 8 heteroatoms. The number of oxazole rings is 1. The van der Waals surface area contributed by atoms with Crippen LogP contribution >= 0.6 is 0 Å². The monoisotopic (exact) mass is 526 g/mol. The lowest BCUT2D eigenvalue weighted by Crippen LogP contribution is -2.65. The van der Waals surface area contributed by atoms with Crippen molar-refractivity contribution < 1.29 is 28.2 Å². The van der Waals surface area contributed by atoms with Gasteiger partial charge in [0.15, 0.2) is 0 Å². The molecule has 1 fully saturated rings. The van der Waals surface area contributed by atoms with Crippen molar-refractivity contribution in [3.8, 4) is 23.0 Å². The van der Waals surface area contributed by atoms with Crippen molar-refractivity contribution in [1.29, 1.82) is 0 Å². The van der Waals surface area contributed by atoms with E-state index in [0.717, 1.165) is 22.6 Å². The smallest absolute Gasteiger partial charge is 0.329 e. The summed E-state index contributed by atoms with van der Waals surface area (Å²) in [7, 11) is 2.91. The molecule has 8 nitrogen and oxygen atoms in total. The van der Waals surface area contributed by atoms with Gasteiger partial charge in [-0.25, -0.2) is 9.78 Å². The summed E-state index contributed by atoms with van der Waals surface area (Å²) in [5.41, 5.74) is 3.31. The second-order valence-corrected chi connectivity index (χ2v) is 9.32. The van der Waals surface area contributed by atoms with Gasteiger partial charge in [0.1, 0.15) is 23.3 Å². The van der Waals surface area contributed by atoms with Crippen molar-refractivity contribution in [3.63, 3.8) is 0 Å². The van der Waals surface area contributed by atoms with Gasteiger partial charge in [-0.15, -0.1) is 0 Å². The number of aromatic nitrogens is 1. The standard InChI is InChI=1S/C31H30N2O6/c1-20-27(32-29(39-20)22-9-5-4-6-10-22)16-17-38-25-11-7-8-21(18-25)19-26-28(31(35)37-3)33(30(26)34)23-12-14-24(36-2)15-13-23/h4-15,18,26,28H,16-17,19H2,1-3H3/t26-,28-/m0/s1. The van der Waals surface area contributed by atoms with E-state index in [-0.39, 0.29) is 5.91 Å². The normalized spacial score (nSPS) is 16.5. The average molecular weight is 527 g/mol. The van der Waals surface area contributed by atoms with Gasteiger partial charge in [0.2, 0.25) is 11.8 Å². The summed E-state index contributed by atoms with van der Waals surface area (Å²) in [6, 6.07) is 23.7. The van der Waals surface area contributed by atoms with Crippen LogP contribution in [0.3, 0.4) is 0 Å². The topological polar surface area (TPSA) is 91.1 Å². The van der Waals surface area contributed by atoms with E-state index in [0.29, 0.717) is 42.5 Å². The Kier molecular flexibility index (Phi) is 7.63. The number of aryl methyl sites for hydroxylation is 1. The summed E-state index contributed by atoms with van der Waals surface area (Å²) in [4.78, 5) is 31.9. The molecule has 0 saturated carbocycles. The van der Waals surface area contributed by atoms with Gasteiger partial charge >= 0.3 is 5.97 Å². The summed E-state index contributed by atoms with van der Waals surface area (Å²) < 4.78 is 22.1. The van der Waals surface area contributed by atoms with Crippen LogP contribution in [0.15, 0.2) is 83.3 Å². The fraction of sp³-hybridized carbons (Fsp3) is 0.258. The first-order chi connectivity index (χ1) is 19.0. The molecule has 200 valence electrons. The summed E-state index contributed by atoms with van der Waals surface area (Å²) in [6.07, 6.45) is 0.986. The summed E-state index contributed by atoms with van der Waals surface area (Å²) in [6.45, 7) is 2.32. The maximum Gasteiger partial charge on any atom is 0.329 e. The third-order valence-corrected chi connectivity index (χ3v) is 6.88. The molecule has 2 heterocycles. The minimum atomic E-state index is -0.700. The highest BCUT2D eigenvalue weighted by Gasteiger charge is 2.52. The predicted molar refractivity (Wildman–Crippen MR) is 146 cm³/mol. The molecule has 0 radical (unpaired) electrons. The van der Waals surface area contributed by atoms with Crippen LogP contribution in [0, 0.1) is 12.8 Å². The summed E-state index contributed by atoms with van der Waals surface area (Å²) >= 11 is 0. The number of rotatable bonds is 10. The SMILES string of the molecule is COC(=O)[C@@H]1[C@H](Cc2cccc(OCCc3nc(-c4ccccc4)oc3C)c2)C(=O)N1c1ccc(OC)cc1. The van der Waals surface area contributed by atoms with Gasteiger partial charge in [-0.1, -0.05) is 30.3 Å². The van der Waals surface area contributed by atoms with Crippen molar-refractivity contribution in [2.24, 2.45) is 5.92 Å². The Morgan fingerprint density at radius 2 is 1.74 bits per heavy atom. The number of hydrogen-bond donors (Lipinski definition) is 0. The maximum atomic E-state index is 13.1. The van der Waals surface area contributed by atoms with Crippen LogP contribution in [-0.4, -0.2) is 43.7 Å². The van der Waals surface area contributed by atoms with Gasteiger partial charge in [0, 0.05) is 17.7 Å². The van der Waals surface area contributed by atoms with Crippen LogP contribution in [0.1, 0.15) is 17.0 Å². The van der Waals surface area contributed by atoms with Gasteiger partial charge in [0.25, 0.3) is 0 Å². The van der Waals surface area contributed by atoms with Gasteiger partial charge in [0.05, 0.1) is 32.4 Å². The minimum absolute atomic E-state index is 0.127. The van der Waals surface area contributed by atoms with Crippen molar-refractivity contribution in [2.75, 3.05) is 25.7 Å². The van der Waals surface area contributed by atoms with Crippen molar-refractivity contribution >= 4 is 17.6 Å². The molecule has 3 aromatic carbocycles. The Balaban J connectivity index is 1.22. The highest BCUT2D eigenvalue weighted by Crippen LogP contribution is 2.36. The molecule has 5 rings (SSSR count). The molecule has 0 N–H and O–H groups in total. The predicted octanol–water partition coefficient (Wildman–Crippen LogP) is 5.03. The average Bonchev–Trinajstić information content (AvgIpc) is 3.35. The van der Waals surface area contributed by atoms with Crippen molar-refractivity contribution in [3.05, 3.63) is 95.9 Å². The lowest BCUT2D eigenvalue weighted by Gasteiger charge is -2.45. The Hall–Kier alpha value is -4.59. The van der Waals surface area contributed by atoms with E-state index in [4.69, 9.17) is 18.6 Å². The zero-order valence-corrected chi connectivity index (χ0v) is 22.1. The number of benzene rings is 3. The fourth-order valence-corrected chi connectivity index (χ4v) is 4.81. The zero-order valence-electron chi connectivity index (χ0n) is 22.1. The Labute approximate surface area is 227 Å². The molecule has 0 bridgehead atoms. The lowest BCUT2D eigenvalue weighted by molar-refractivity contribution is -0.152. The molecule has 1 aromatic heterocycles. The largest absolute Gasteiger partial charge is 0.497 e. The van der Waals surface area contributed by atoms with Crippen LogP contribution in [0.4, 0.5) is 5.69 Å². The van der Waals surface area contributed by atoms with Crippen molar-refractivity contribution in [1.82, 2.24) is 4.98 Å². The number of esters is 1. The second-order valence-electron chi connectivity index (χ2n) is 9.32. The van der Waals surface area contributed by atoms with Gasteiger partial charge in [-0.3, -0.25) is 9.69 Å². The van der Waals surface area contributed by atoms with Crippen LogP contribution < -0.4 is 14.4 Å². The molecule has 1 amide bonds. The van der Waals surface area contributed by atoms with Gasteiger partial charge in [-0.05, 0) is 67.4 Å². The molecular formula is C31H30N2O6. The van der Waals surface area contributed by atoms with E-state index in [1.165, 1.54) is 12.0 Å². The molecule has 2 atom stereocenters. The molecule has 0 spiro atoms. The zero-order chi connectivity index (χ0) is 27.4. The number of hydrogen-bond acceptors (Lipinski definition) is 7. The number of nitrogens with zero attached hydrogens (tertiary/aromatic N) is 2. The number of β-lactam (4-membered cyclic amide) rings is 1. The lowest BCUT2D eigenvalue weighted by atomic mass is 9.81. The van der Waals surface area contributed by atoms with Gasteiger partial charge in [-0.2, -0.15) is 0 Å². The van der Waals surface area contributed by atoms with E-state index in [9.17, 15) is 9.59 Å². The van der Waals surface area contributed by atoms with E-state index < -0.39 is 17.9 Å². The van der Waals surface area contributed by atoms with E-state index >= 15 is 0 Å². The fourth-order valence-electron chi connectivity index (χ4n) is 4.81. The highest BCUT2D eigenvalue weighted by molar-refractivity contribution is 6.10. The first-order valence-corrected chi connectivity index (χ1v) is 12.8. The summed E-state index contributed by atoms with van der Waals surface area (Å²) in [5, 5.41) is 0. The van der Waals surface area contributed by atoms with Crippen LogP contribution in [-0.2, 0) is 27.2 Å². The number of carbonyl (C=O) groups is 2. The number of methoxy groups -OCH3 is 2. The molecule has 1 saturated heterocycles. The molecular weight excluding hydrogens is 496 g/mol. The van der Waals surface area contributed by atoms with Gasteiger partial charge < -0.3 is 18.6 Å². The highest BCUT2D eigenvalue weighted by atomic mass is 16.5. The first kappa shape index (κ1) is 26.0. The molecule has 39 heavy (non-hydrogen) atoms. The molecule has 0 aliphatic carbocycles. The number of ether oxygens (including phenoxy) is 3. The summed E-state index contributed by atoms with van der Waals surface area (Å²) in [5.74, 6) is 1.63. The minimum Gasteiger partial charge on any atom is -0.497 e. The van der Waals surface area contributed by atoms with Crippen LogP contribution in [0.2, 0.25) is 0 Å². The third-order valence-electron chi connectivity index (χ3n) is 6.88. The van der Waals surface area contributed by atoms with E-state index in [2.05, 4.69) is 4.98 Å². The molecule has 1 aliphatic rings. The number of anilines is 1. The Morgan fingerprint density at radius 1 is 0.974 bits per heavy atom. The third kappa shape index (κ3) is 5.50. The molecule has 1 aliphatic heterocycles. The van der Waals surface area contributed by atoms with Crippen LogP contribution in [0.25, 0.3) is 11.5 Å². The van der Waals surface area contributed by atoms with E-state index in [1.54, 1.807) is 31.4 Å². The van der Waals surface area contributed by atoms with Crippen LogP contribution in [0.5, 0.6) is 11.5 Å². The molecule has 4 aromatic rings. The maximum absolute atomic E-state index is 13.1. The Morgan fingerprint density at radius 3 is 2.46 bits per heavy atom. The number of amides is 1. The van der Waals surface area contributed by atoms with E-state index in [1.807, 2.05) is 61.5 Å². The molecule has 0 unspecified atom stereocenters. The Bertz CT molecular complexity index is 1450. The number of carbonyl (C=O) groups excluding carboxylic acids is 2. The second kappa shape index (κ2) is 11.4. The van der Waals surface area contributed by atoms with Crippen molar-refractivity contribution in [2.45, 2.75) is 25.8 Å².